The van der Waals surface area contributed by atoms with Gasteiger partial charge in [-0.2, -0.15) is 5.48 Å². The largest absolute Gasteiger partial charge is 0.392 e. The molecular formula is C14H19FN2O4. The molecule has 0 aliphatic carbocycles. The number of hydrogen-bond donors (Lipinski definition) is 3. The first kappa shape index (κ1) is 16.9. The van der Waals surface area contributed by atoms with Gasteiger partial charge in [-0.3, -0.25) is 9.59 Å². The van der Waals surface area contributed by atoms with Gasteiger partial charge in [-0.25, -0.2) is 4.39 Å². The molecule has 2 unspecified atom stereocenters. The SMILES string of the molecule is CC.O=C1NCCC(O)C1C(=O)NOc1ccccc1F. The van der Waals surface area contributed by atoms with Gasteiger partial charge in [0.15, 0.2) is 11.6 Å². The van der Waals surface area contributed by atoms with E-state index in [9.17, 15) is 19.1 Å². The smallest absolute Gasteiger partial charge is 0.267 e. The van der Waals surface area contributed by atoms with E-state index >= 15 is 0 Å². The molecule has 1 heterocycles. The molecule has 0 bridgehead atoms. The van der Waals surface area contributed by atoms with Crippen molar-refractivity contribution in [3.63, 3.8) is 0 Å². The summed E-state index contributed by atoms with van der Waals surface area (Å²) in [6, 6.07) is 5.51. The van der Waals surface area contributed by atoms with Crippen LogP contribution in [0.5, 0.6) is 5.75 Å². The molecule has 1 fully saturated rings. The fourth-order valence-electron chi connectivity index (χ4n) is 1.78. The van der Waals surface area contributed by atoms with Gasteiger partial charge in [0.1, 0.15) is 5.92 Å². The van der Waals surface area contributed by atoms with Crippen LogP contribution >= 0.6 is 0 Å². The summed E-state index contributed by atoms with van der Waals surface area (Å²) in [5.74, 6) is -3.44. The van der Waals surface area contributed by atoms with Crippen LogP contribution in [0.3, 0.4) is 0 Å². The second kappa shape index (κ2) is 8.21. The third-order valence-corrected chi connectivity index (χ3v) is 2.79. The highest BCUT2D eigenvalue weighted by atomic mass is 19.1. The van der Waals surface area contributed by atoms with Crippen molar-refractivity contribution in [3.05, 3.63) is 30.1 Å². The summed E-state index contributed by atoms with van der Waals surface area (Å²) < 4.78 is 13.2. The number of carbonyl (C=O) groups excluding carboxylic acids is 2. The van der Waals surface area contributed by atoms with Crippen LogP contribution in [0.1, 0.15) is 20.3 Å². The van der Waals surface area contributed by atoms with E-state index in [0.717, 1.165) is 0 Å². The van der Waals surface area contributed by atoms with E-state index in [1.165, 1.54) is 24.3 Å². The Morgan fingerprint density at radius 2 is 2.10 bits per heavy atom. The van der Waals surface area contributed by atoms with E-state index in [4.69, 9.17) is 4.84 Å². The Bertz CT molecular complexity index is 496. The number of carbonyl (C=O) groups is 2. The maximum absolute atomic E-state index is 13.2. The summed E-state index contributed by atoms with van der Waals surface area (Å²) in [6.07, 6.45) is -0.790. The topological polar surface area (TPSA) is 87.7 Å². The lowest BCUT2D eigenvalue weighted by Crippen LogP contribution is -2.52. The zero-order valence-electron chi connectivity index (χ0n) is 11.9. The van der Waals surface area contributed by atoms with Gasteiger partial charge < -0.3 is 15.3 Å². The third-order valence-electron chi connectivity index (χ3n) is 2.79. The molecule has 0 saturated carbocycles. The fourth-order valence-corrected chi connectivity index (χ4v) is 1.78. The van der Waals surface area contributed by atoms with Gasteiger partial charge in [-0.05, 0) is 18.6 Å². The summed E-state index contributed by atoms with van der Waals surface area (Å²) >= 11 is 0. The molecule has 0 spiro atoms. The number of aliphatic hydroxyl groups excluding tert-OH is 1. The van der Waals surface area contributed by atoms with Crippen LogP contribution in [-0.2, 0) is 9.59 Å². The molecule has 0 aromatic heterocycles. The summed E-state index contributed by atoms with van der Waals surface area (Å²) in [7, 11) is 0. The van der Waals surface area contributed by atoms with E-state index in [0.29, 0.717) is 6.54 Å². The first-order chi connectivity index (χ1) is 10.1. The Hall–Kier alpha value is -2.15. The molecule has 2 atom stereocenters. The number of rotatable bonds is 3. The molecule has 2 rings (SSSR count). The average molecular weight is 298 g/mol. The number of nitrogens with one attached hydrogen (secondary N) is 2. The lowest BCUT2D eigenvalue weighted by atomic mass is 9.95. The molecule has 0 radical (unpaired) electrons. The van der Waals surface area contributed by atoms with Crippen molar-refractivity contribution in [1.29, 1.82) is 0 Å². The molecule has 1 aromatic rings. The third kappa shape index (κ3) is 4.42. The number of hydroxylamine groups is 1. The standard InChI is InChI=1S/C12H13FN2O4.C2H6/c13-7-3-1-2-4-9(7)19-15-12(18)10-8(16)5-6-14-11(10)17;1-2/h1-4,8,10,16H,5-6H2,(H,14,17)(H,15,18);1-2H3. The Kier molecular flexibility index (Phi) is 6.61. The molecule has 21 heavy (non-hydrogen) atoms. The highest BCUT2D eigenvalue weighted by Gasteiger charge is 2.37. The summed E-state index contributed by atoms with van der Waals surface area (Å²) in [5, 5.41) is 12.1. The van der Waals surface area contributed by atoms with Crippen LogP contribution in [0.25, 0.3) is 0 Å². The zero-order valence-corrected chi connectivity index (χ0v) is 11.9. The van der Waals surface area contributed by atoms with Gasteiger partial charge in [0.25, 0.3) is 5.91 Å². The van der Waals surface area contributed by atoms with Crippen LogP contribution in [0.15, 0.2) is 24.3 Å². The zero-order chi connectivity index (χ0) is 15.8. The first-order valence-corrected chi connectivity index (χ1v) is 6.76. The van der Waals surface area contributed by atoms with Gasteiger partial charge in [0.05, 0.1) is 6.10 Å². The Morgan fingerprint density at radius 3 is 2.71 bits per heavy atom. The van der Waals surface area contributed by atoms with Crippen molar-refractivity contribution in [1.82, 2.24) is 10.8 Å². The highest BCUT2D eigenvalue weighted by molar-refractivity contribution is 6.01. The molecule has 7 heteroatoms. The lowest BCUT2D eigenvalue weighted by molar-refractivity contribution is -0.146. The number of piperidine rings is 1. The molecule has 1 aromatic carbocycles. The van der Waals surface area contributed by atoms with Crippen molar-refractivity contribution in [2.45, 2.75) is 26.4 Å². The van der Waals surface area contributed by atoms with E-state index in [1.54, 1.807) is 0 Å². The predicted molar refractivity (Wildman–Crippen MR) is 73.6 cm³/mol. The quantitative estimate of drug-likeness (QED) is 0.568. The van der Waals surface area contributed by atoms with Crippen LogP contribution < -0.4 is 15.6 Å². The number of halogens is 1. The molecule has 1 aliphatic heterocycles. The Balaban J connectivity index is 0.00000106. The number of benzene rings is 1. The van der Waals surface area contributed by atoms with Gasteiger partial charge >= 0.3 is 0 Å². The lowest BCUT2D eigenvalue weighted by Gasteiger charge is -2.25. The first-order valence-electron chi connectivity index (χ1n) is 6.76. The summed E-state index contributed by atoms with van der Waals surface area (Å²) in [5.41, 5.74) is 1.97. The van der Waals surface area contributed by atoms with E-state index in [1.807, 2.05) is 19.3 Å². The second-order valence-electron chi connectivity index (χ2n) is 4.12. The summed E-state index contributed by atoms with van der Waals surface area (Å²) in [6.45, 7) is 4.32. The minimum atomic E-state index is -1.25. The maximum Gasteiger partial charge on any atom is 0.267 e. The molecule has 3 N–H and O–H groups in total. The van der Waals surface area contributed by atoms with Crippen LogP contribution in [0.4, 0.5) is 4.39 Å². The Morgan fingerprint density at radius 1 is 1.43 bits per heavy atom. The van der Waals surface area contributed by atoms with Gasteiger partial charge in [0.2, 0.25) is 5.91 Å². The van der Waals surface area contributed by atoms with Crippen LogP contribution in [-0.4, -0.2) is 29.6 Å². The highest BCUT2D eigenvalue weighted by Crippen LogP contribution is 2.16. The van der Waals surface area contributed by atoms with Gasteiger partial charge in [-0.15, -0.1) is 0 Å². The molecular weight excluding hydrogens is 279 g/mol. The van der Waals surface area contributed by atoms with Crippen LogP contribution in [0, 0.1) is 11.7 Å². The molecule has 2 amide bonds. The van der Waals surface area contributed by atoms with E-state index < -0.39 is 29.7 Å². The predicted octanol–water partition coefficient (Wildman–Crippen LogP) is 0.759. The monoisotopic (exact) mass is 298 g/mol. The number of aliphatic hydroxyl groups is 1. The van der Waals surface area contributed by atoms with Gasteiger partial charge in [0, 0.05) is 6.54 Å². The Labute approximate surface area is 122 Å². The second-order valence-corrected chi connectivity index (χ2v) is 4.12. The summed E-state index contributed by atoms with van der Waals surface area (Å²) in [4.78, 5) is 28.0. The van der Waals surface area contributed by atoms with Crippen molar-refractivity contribution >= 4 is 11.8 Å². The van der Waals surface area contributed by atoms with E-state index in [-0.39, 0.29) is 12.2 Å². The number of para-hydroxylation sites is 1. The normalized spacial score (nSPS) is 20.7. The molecule has 116 valence electrons. The maximum atomic E-state index is 13.2. The number of amides is 2. The minimum Gasteiger partial charge on any atom is -0.392 e. The molecule has 6 nitrogen and oxygen atoms in total. The molecule has 1 saturated heterocycles. The van der Waals surface area contributed by atoms with Gasteiger partial charge in [-0.1, -0.05) is 26.0 Å². The van der Waals surface area contributed by atoms with E-state index in [2.05, 4.69) is 5.32 Å². The number of hydrogen-bond acceptors (Lipinski definition) is 4. The fraction of sp³-hybridized carbons (Fsp3) is 0.429. The van der Waals surface area contributed by atoms with Crippen molar-refractivity contribution in [3.8, 4) is 5.75 Å². The molecule has 1 aliphatic rings. The van der Waals surface area contributed by atoms with Crippen molar-refractivity contribution in [2.24, 2.45) is 5.92 Å². The van der Waals surface area contributed by atoms with Crippen molar-refractivity contribution in [2.75, 3.05) is 6.54 Å². The minimum absolute atomic E-state index is 0.165. The van der Waals surface area contributed by atoms with Crippen molar-refractivity contribution < 1.29 is 23.9 Å². The average Bonchev–Trinajstić information content (AvgIpc) is 2.48. The van der Waals surface area contributed by atoms with Crippen LogP contribution in [0.2, 0.25) is 0 Å².